The van der Waals surface area contributed by atoms with Gasteiger partial charge in [0.05, 0.1) is 11.6 Å². The van der Waals surface area contributed by atoms with Gasteiger partial charge < -0.3 is 19.1 Å². The van der Waals surface area contributed by atoms with E-state index in [0.717, 1.165) is 65.3 Å². The summed E-state index contributed by atoms with van der Waals surface area (Å²) in [4.78, 5) is 5.16. The van der Waals surface area contributed by atoms with Gasteiger partial charge >= 0.3 is 0 Å². The fraction of sp³-hybridized carbons (Fsp3) is 0.481. The third kappa shape index (κ3) is 4.90. The van der Waals surface area contributed by atoms with Crippen molar-refractivity contribution in [3.05, 3.63) is 58.8 Å². The molecule has 2 aromatic rings. The van der Waals surface area contributed by atoms with Crippen molar-refractivity contribution in [3.8, 4) is 6.07 Å². The van der Waals surface area contributed by atoms with Crippen LogP contribution in [0.15, 0.2) is 52.6 Å². The molecule has 3 aliphatic heterocycles. The van der Waals surface area contributed by atoms with E-state index < -0.39 is 0 Å². The van der Waals surface area contributed by atoms with E-state index in [-0.39, 0.29) is 0 Å². The molecular formula is C27H32N6OS. The van der Waals surface area contributed by atoms with Gasteiger partial charge in [0, 0.05) is 55.3 Å². The Morgan fingerprint density at radius 2 is 2.14 bits per heavy atom. The zero-order chi connectivity index (χ0) is 24.4. The van der Waals surface area contributed by atoms with Crippen molar-refractivity contribution in [1.82, 2.24) is 19.7 Å². The first-order valence-electron chi connectivity index (χ1n) is 12.4. The molecule has 0 radical (unpaired) electrons. The average Bonchev–Trinajstić information content (AvgIpc) is 3.46. The Morgan fingerprint density at radius 1 is 1.26 bits per heavy atom. The summed E-state index contributed by atoms with van der Waals surface area (Å²) in [5.41, 5.74) is 7.14. The van der Waals surface area contributed by atoms with Gasteiger partial charge in [0.2, 0.25) is 5.82 Å². The first kappa shape index (κ1) is 23.7. The average molecular weight is 489 g/mol. The number of aromatic nitrogens is 3. The van der Waals surface area contributed by atoms with Gasteiger partial charge in [0.15, 0.2) is 10.9 Å². The lowest BCUT2D eigenvalue weighted by molar-refractivity contribution is 0.322. The molecule has 2 fully saturated rings. The highest BCUT2D eigenvalue weighted by atomic mass is 32.2. The van der Waals surface area contributed by atoms with Crippen LogP contribution in [0.1, 0.15) is 44.5 Å². The molecule has 2 saturated heterocycles. The summed E-state index contributed by atoms with van der Waals surface area (Å²) >= 11 is 1.76. The number of anilines is 1. The van der Waals surface area contributed by atoms with E-state index >= 15 is 0 Å². The second-order valence-electron chi connectivity index (χ2n) is 9.61. The smallest absolute Gasteiger partial charge is 0.200 e. The number of allylic oxidation sites excluding steroid dienone is 2. The fourth-order valence-corrected chi connectivity index (χ4v) is 6.21. The van der Waals surface area contributed by atoms with Gasteiger partial charge in [-0.1, -0.05) is 23.6 Å². The monoisotopic (exact) mass is 488 g/mol. The van der Waals surface area contributed by atoms with Crippen molar-refractivity contribution in [2.75, 3.05) is 36.8 Å². The third-order valence-electron chi connectivity index (χ3n) is 7.41. The number of hydrogen-bond acceptors (Lipinski definition) is 7. The van der Waals surface area contributed by atoms with Crippen LogP contribution in [0.5, 0.6) is 0 Å². The molecule has 8 heteroatoms. The molecule has 2 unspecified atom stereocenters. The molecular weight excluding hydrogens is 456 g/mol. The van der Waals surface area contributed by atoms with Crippen LogP contribution in [0.2, 0.25) is 0 Å². The summed E-state index contributed by atoms with van der Waals surface area (Å²) in [5.74, 6) is 3.23. The topological polar surface area (TPSA) is 70.2 Å². The maximum absolute atomic E-state index is 9.30. The molecule has 0 spiro atoms. The Bertz CT molecular complexity index is 1230. The SMILES string of the molecule is CC1=C=COC(c2nnc(SCCCN3CC4CCCN(c5cccc(C#N)c5)C4C3)n2C)=C1C. The molecule has 3 aliphatic rings. The minimum absolute atomic E-state index is 0.546. The normalized spacial score (nSPS) is 22.1. The minimum Gasteiger partial charge on any atom is -0.452 e. The van der Waals surface area contributed by atoms with Gasteiger partial charge in [-0.2, -0.15) is 5.26 Å². The van der Waals surface area contributed by atoms with Crippen LogP contribution in [0.3, 0.4) is 0 Å². The Kier molecular flexibility index (Phi) is 7.01. The van der Waals surface area contributed by atoms with E-state index in [1.54, 1.807) is 18.0 Å². The van der Waals surface area contributed by atoms with Crippen LogP contribution in [0.25, 0.3) is 5.76 Å². The molecule has 1 aromatic carbocycles. The molecule has 35 heavy (non-hydrogen) atoms. The second-order valence-corrected chi connectivity index (χ2v) is 10.7. The van der Waals surface area contributed by atoms with Crippen LogP contribution >= 0.6 is 11.8 Å². The van der Waals surface area contributed by atoms with Crippen LogP contribution in [-0.2, 0) is 11.8 Å². The summed E-state index contributed by atoms with van der Waals surface area (Å²) < 4.78 is 7.72. The number of likely N-dealkylation sites (tertiary alicyclic amines) is 1. The van der Waals surface area contributed by atoms with Crippen LogP contribution in [-0.4, -0.2) is 57.6 Å². The van der Waals surface area contributed by atoms with E-state index in [4.69, 9.17) is 4.74 Å². The minimum atomic E-state index is 0.546. The highest BCUT2D eigenvalue weighted by molar-refractivity contribution is 7.99. The molecule has 0 N–H and O–H groups in total. The number of piperidine rings is 1. The number of ether oxygens (including phenoxy) is 1. The predicted octanol–water partition coefficient (Wildman–Crippen LogP) is 4.59. The van der Waals surface area contributed by atoms with Crippen molar-refractivity contribution in [2.45, 2.75) is 44.3 Å². The molecule has 0 amide bonds. The fourth-order valence-electron chi connectivity index (χ4n) is 5.38. The zero-order valence-corrected chi connectivity index (χ0v) is 21.5. The first-order chi connectivity index (χ1) is 17.0. The van der Waals surface area contributed by atoms with Gasteiger partial charge in [-0.3, -0.25) is 0 Å². The van der Waals surface area contributed by atoms with Gasteiger partial charge in [0.25, 0.3) is 0 Å². The Balaban J connectivity index is 1.15. The predicted molar refractivity (Wildman–Crippen MR) is 139 cm³/mol. The van der Waals surface area contributed by atoms with Crippen molar-refractivity contribution in [3.63, 3.8) is 0 Å². The molecule has 2 atom stereocenters. The van der Waals surface area contributed by atoms with Crippen molar-refractivity contribution in [1.29, 1.82) is 5.26 Å². The van der Waals surface area contributed by atoms with Crippen molar-refractivity contribution in [2.24, 2.45) is 13.0 Å². The van der Waals surface area contributed by atoms with Gasteiger partial charge in [-0.15, -0.1) is 10.2 Å². The van der Waals surface area contributed by atoms with E-state index in [9.17, 15) is 5.26 Å². The number of thioether (sulfide) groups is 1. The number of fused-ring (bicyclic) bond motifs is 1. The molecule has 7 nitrogen and oxygen atoms in total. The molecule has 182 valence electrons. The van der Waals surface area contributed by atoms with Gasteiger partial charge in [-0.05, 0) is 63.8 Å². The highest BCUT2D eigenvalue weighted by Crippen LogP contribution is 2.34. The van der Waals surface area contributed by atoms with E-state index in [1.807, 2.05) is 43.7 Å². The molecule has 0 bridgehead atoms. The molecule has 0 saturated carbocycles. The summed E-state index contributed by atoms with van der Waals surface area (Å²) in [6.45, 7) is 8.50. The van der Waals surface area contributed by atoms with E-state index in [1.165, 1.54) is 25.1 Å². The highest BCUT2D eigenvalue weighted by Gasteiger charge is 2.38. The van der Waals surface area contributed by atoms with Gasteiger partial charge in [-0.25, -0.2) is 0 Å². The number of nitrogens with zero attached hydrogens (tertiary/aromatic N) is 6. The Morgan fingerprint density at radius 3 is 3.00 bits per heavy atom. The van der Waals surface area contributed by atoms with Crippen molar-refractivity contribution < 1.29 is 4.74 Å². The molecule has 4 heterocycles. The lowest BCUT2D eigenvalue weighted by atomic mass is 9.91. The summed E-state index contributed by atoms with van der Waals surface area (Å²) in [5, 5.41) is 19.0. The van der Waals surface area contributed by atoms with Gasteiger partial charge in [0.1, 0.15) is 6.26 Å². The lowest BCUT2D eigenvalue weighted by Gasteiger charge is -2.39. The van der Waals surface area contributed by atoms with Crippen molar-refractivity contribution >= 4 is 23.2 Å². The Labute approximate surface area is 211 Å². The summed E-state index contributed by atoms with van der Waals surface area (Å²) in [6.07, 6.45) is 5.22. The van der Waals surface area contributed by atoms with Crippen LogP contribution in [0, 0.1) is 17.2 Å². The maximum atomic E-state index is 9.30. The first-order valence-corrected chi connectivity index (χ1v) is 13.3. The van der Waals surface area contributed by atoms with E-state index in [2.05, 4.69) is 37.9 Å². The number of nitriles is 1. The van der Waals surface area contributed by atoms with E-state index in [0.29, 0.717) is 12.0 Å². The maximum Gasteiger partial charge on any atom is 0.200 e. The standard InChI is InChI=1S/C27H32N6OS/c1-19-10-13-34-25(20(19)2)26-29-30-27(31(26)3)35-14-6-11-32-17-22-8-5-12-33(24(22)18-32)23-9-4-7-21(15-23)16-28/h4,7,9,13,15,22,24H,5-6,8,11-12,14,17-18H2,1-3H3. The molecule has 0 aliphatic carbocycles. The quantitative estimate of drug-likeness (QED) is 0.321. The number of rotatable bonds is 7. The molecule has 5 rings (SSSR count). The zero-order valence-electron chi connectivity index (χ0n) is 20.7. The molecule has 1 aromatic heterocycles. The van der Waals surface area contributed by atoms with Crippen LogP contribution < -0.4 is 4.90 Å². The number of benzene rings is 1. The largest absolute Gasteiger partial charge is 0.452 e. The summed E-state index contributed by atoms with van der Waals surface area (Å²) in [6, 6.07) is 10.9. The second kappa shape index (κ2) is 10.3. The third-order valence-corrected chi connectivity index (χ3v) is 8.51. The van der Waals surface area contributed by atoms with Crippen LogP contribution in [0.4, 0.5) is 5.69 Å². The summed E-state index contributed by atoms with van der Waals surface area (Å²) in [7, 11) is 2.00. The Hall–Kier alpha value is -2.98. The number of hydrogen-bond donors (Lipinski definition) is 0. The lowest BCUT2D eigenvalue weighted by Crippen LogP contribution is -2.45.